The molecule has 0 unspecified atom stereocenters. The van der Waals surface area contributed by atoms with Crippen LogP contribution in [-0.4, -0.2) is 15.9 Å². The molecule has 0 atom stereocenters. The summed E-state index contributed by atoms with van der Waals surface area (Å²) < 4.78 is 0. The van der Waals surface area contributed by atoms with Crippen LogP contribution in [0.25, 0.3) is 10.9 Å². The number of amides is 1. The maximum Gasteiger partial charge on any atom is 0.230 e. The molecule has 0 saturated carbocycles. The third-order valence-corrected chi connectivity index (χ3v) is 2.36. The van der Waals surface area contributed by atoms with Gasteiger partial charge in [-0.3, -0.25) is 9.78 Å². The summed E-state index contributed by atoms with van der Waals surface area (Å²) in [5, 5.41) is 3.72. The van der Waals surface area contributed by atoms with Gasteiger partial charge in [-0.2, -0.15) is 0 Å². The Morgan fingerprint density at radius 3 is 3.21 bits per heavy atom. The Morgan fingerprint density at radius 1 is 1.36 bits per heavy atom. The second-order valence-corrected chi connectivity index (χ2v) is 3.25. The predicted octanol–water partition coefficient (Wildman–Crippen LogP) is 1.12. The molecule has 0 spiro atoms. The fourth-order valence-corrected chi connectivity index (χ4v) is 1.73. The van der Waals surface area contributed by atoms with Gasteiger partial charge in [-0.1, -0.05) is 6.07 Å². The van der Waals surface area contributed by atoms with Gasteiger partial charge in [-0.05, 0) is 6.07 Å². The van der Waals surface area contributed by atoms with Crippen LogP contribution in [0.3, 0.4) is 0 Å². The summed E-state index contributed by atoms with van der Waals surface area (Å²) in [7, 11) is 0. The van der Waals surface area contributed by atoms with Crippen LogP contribution in [0.1, 0.15) is 5.56 Å². The van der Waals surface area contributed by atoms with Gasteiger partial charge in [-0.25, -0.2) is 4.98 Å². The lowest BCUT2D eigenvalue weighted by Crippen LogP contribution is -2.04. The van der Waals surface area contributed by atoms with Crippen LogP contribution in [-0.2, 0) is 11.2 Å². The van der Waals surface area contributed by atoms with E-state index in [2.05, 4.69) is 15.3 Å². The van der Waals surface area contributed by atoms with Gasteiger partial charge in [0.05, 0.1) is 18.1 Å². The molecule has 0 saturated heterocycles. The van der Waals surface area contributed by atoms with Gasteiger partial charge in [0.25, 0.3) is 0 Å². The second-order valence-electron chi connectivity index (χ2n) is 3.25. The molecule has 0 bridgehead atoms. The van der Waals surface area contributed by atoms with E-state index in [-0.39, 0.29) is 5.91 Å². The highest BCUT2D eigenvalue weighted by Crippen LogP contribution is 2.27. The highest BCUT2D eigenvalue weighted by molar-refractivity contribution is 6.03. The average Bonchev–Trinajstić information content (AvgIpc) is 2.59. The van der Waals surface area contributed by atoms with Crippen LogP contribution in [0.5, 0.6) is 0 Å². The Morgan fingerprint density at radius 2 is 2.29 bits per heavy atom. The first-order valence-corrected chi connectivity index (χ1v) is 4.37. The average molecular weight is 185 g/mol. The molecule has 0 fully saturated rings. The van der Waals surface area contributed by atoms with Gasteiger partial charge < -0.3 is 5.32 Å². The van der Waals surface area contributed by atoms with E-state index in [1.54, 1.807) is 12.4 Å². The zero-order chi connectivity index (χ0) is 9.54. The van der Waals surface area contributed by atoms with Crippen LogP contribution in [0, 0.1) is 0 Å². The molecule has 1 N–H and O–H groups in total. The van der Waals surface area contributed by atoms with E-state index in [1.165, 1.54) is 0 Å². The number of nitrogens with zero attached hydrogens (tertiary/aromatic N) is 2. The molecule has 1 amide bonds. The molecule has 0 aromatic carbocycles. The maximum absolute atomic E-state index is 11.2. The van der Waals surface area contributed by atoms with Gasteiger partial charge in [0.15, 0.2) is 0 Å². The number of pyridine rings is 2. The van der Waals surface area contributed by atoms with Crippen molar-refractivity contribution in [1.29, 1.82) is 0 Å². The van der Waals surface area contributed by atoms with Gasteiger partial charge in [0.1, 0.15) is 5.82 Å². The minimum absolute atomic E-state index is 0.00357. The van der Waals surface area contributed by atoms with E-state index in [0.717, 1.165) is 16.5 Å². The molecule has 2 aromatic rings. The largest absolute Gasteiger partial charge is 0.310 e. The lowest BCUT2D eigenvalue weighted by molar-refractivity contribution is -0.115. The molecule has 4 nitrogen and oxygen atoms in total. The minimum atomic E-state index is 0.00357. The normalized spacial score (nSPS) is 14.1. The van der Waals surface area contributed by atoms with Crippen LogP contribution in [0.2, 0.25) is 0 Å². The van der Waals surface area contributed by atoms with Gasteiger partial charge in [-0.15, -0.1) is 0 Å². The number of carbonyl (C=O) groups is 1. The number of aromatic nitrogens is 2. The summed E-state index contributed by atoms with van der Waals surface area (Å²) in [5.41, 5.74) is 1.79. The molecular formula is C10H7N3O. The lowest BCUT2D eigenvalue weighted by Gasteiger charge is -2.00. The first-order valence-electron chi connectivity index (χ1n) is 4.37. The van der Waals surface area contributed by atoms with Crippen molar-refractivity contribution in [2.24, 2.45) is 0 Å². The number of nitrogens with one attached hydrogen (secondary N) is 1. The minimum Gasteiger partial charge on any atom is -0.310 e. The van der Waals surface area contributed by atoms with Crippen LogP contribution in [0.15, 0.2) is 24.5 Å². The topological polar surface area (TPSA) is 54.9 Å². The Kier molecular flexibility index (Phi) is 1.33. The number of rotatable bonds is 0. The number of carbonyl (C=O) groups excluding carboxylic acids is 1. The van der Waals surface area contributed by atoms with E-state index >= 15 is 0 Å². The number of fused-ring (bicyclic) bond motifs is 3. The maximum atomic E-state index is 11.2. The smallest absolute Gasteiger partial charge is 0.230 e. The van der Waals surface area contributed by atoms with Crippen LogP contribution < -0.4 is 5.32 Å². The monoisotopic (exact) mass is 185 g/mol. The first-order chi connectivity index (χ1) is 6.84. The van der Waals surface area contributed by atoms with Gasteiger partial charge in [0, 0.05) is 17.1 Å². The zero-order valence-corrected chi connectivity index (χ0v) is 7.32. The highest BCUT2D eigenvalue weighted by atomic mass is 16.1. The Labute approximate surface area is 80.0 Å². The molecule has 1 aliphatic rings. The molecule has 2 aromatic heterocycles. The van der Waals surface area contributed by atoms with E-state index < -0.39 is 0 Å². The Balaban J connectivity index is 2.39. The van der Waals surface area contributed by atoms with E-state index in [9.17, 15) is 4.79 Å². The van der Waals surface area contributed by atoms with Crippen molar-refractivity contribution in [2.45, 2.75) is 6.42 Å². The SMILES string of the molecule is O=C1Cc2c(ncc3ncccc23)N1. The number of anilines is 1. The number of hydrogen-bond donors (Lipinski definition) is 1. The molecule has 4 heteroatoms. The zero-order valence-electron chi connectivity index (χ0n) is 7.32. The van der Waals surface area contributed by atoms with Crippen molar-refractivity contribution in [3.63, 3.8) is 0 Å². The van der Waals surface area contributed by atoms with E-state index in [0.29, 0.717) is 12.2 Å². The standard InChI is InChI=1S/C10H7N3O/c14-9-4-7-6-2-1-3-11-8(6)5-12-10(7)13-9/h1-3,5H,4H2,(H,12,13,14). The van der Waals surface area contributed by atoms with Crippen molar-refractivity contribution in [2.75, 3.05) is 5.32 Å². The van der Waals surface area contributed by atoms with Crippen molar-refractivity contribution < 1.29 is 4.79 Å². The molecular weight excluding hydrogens is 178 g/mol. The van der Waals surface area contributed by atoms with Crippen LogP contribution in [0.4, 0.5) is 5.82 Å². The van der Waals surface area contributed by atoms with Crippen molar-refractivity contribution in [3.8, 4) is 0 Å². The van der Waals surface area contributed by atoms with E-state index in [1.807, 2.05) is 12.1 Å². The van der Waals surface area contributed by atoms with Crippen molar-refractivity contribution in [3.05, 3.63) is 30.1 Å². The summed E-state index contributed by atoms with van der Waals surface area (Å²) in [6.07, 6.45) is 3.81. The summed E-state index contributed by atoms with van der Waals surface area (Å²) in [6, 6.07) is 3.83. The quantitative estimate of drug-likeness (QED) is 0.669. The molecule has 1 aliphatic heterocycles. The van der Waals surface area contributed by atoms with Crippen LogP contribution >= 0.6 is 0 Å². The summed E-state index contributed by atoms with van der Waals surface area (Å²) in [4.78, 5) is 19.5. The third kappa shape index (κ3) is 0.907. The molecule has 3 heterocycles. The predicted molar refractivity (Wildman–Crippen MR) is 51.9 cm³/mol. The summed E-state index contributed by atoms with van der Waals surface area (Å²) in [6.45, 7) is 0. The molecule has 0 aliphatic carbocycles. The summed E-state index contributed by atoms with van der Waals surface area (Å²) in [5.74, 6) is 0.680. The first kappa shape index (κ1) is 7.44. The van der Waals surface area contributed by atoms with Gasteiger partial charge in [0.2, 0.25) is 5.91 Å². The van der Waals surface area contributed by atoms with Gasteiger partial charge >= 0.3 is 0 Å². The fraction of sp³-hybridized carbons (Fsp3) is 0.100. The van der Waals surface area contributed by atoms with E-state index in [4.69, 9.17) is 0 Å². The Hall–Kier alpha value is -1.97. The third-order valence-electron chi connectivity index (χ3n) is 2.36. The van der Waals surface area contributed by atoms with Crippen molar-refractivity contribution >= 4 is 22.6 Å². The lowest BCUT2D eigenvalue weighted by atomic mass is 10.1. The molecule has 68 valence electrons. The van der Waals surface area contributed by atoms with Crippen molar-refractivity contribution in [1.82, 2.24) is 9.97 Å². The molecule has 14 heavy (non-hydrogen) atoms. The molecule has 0 radical (unpaired) electrons. The molecule has 3 rings (SSSR count). The fourth-order valence-electron chi connectivity index (χ4n) is 1.73. The Bertz CT molecular complexity index is 536. The summed E-state index contributed by atoms with van der Waals surface area (Å²) >= 11 is 0. The second kappa shape index (κ2) is 2.51. The number of hydrogen-bond acceptors (Lipinski definition) is 3. The highest BCUT2D eigenvalue weighted by Gasteiger charge is 2.21.